The van der Waals surface area contributed by atoms with Gasteiger partial charge in [0.1, 0.15) is 11.4 Å². The highest BCUT2D eigenvalue weighted by atomic mass is 19.3. The van der Waals surface area contributed by atoms with Gasteiger partial charge in [0.25, 0.3) is 0 Å². The summed E-state index contributed by atoms with van der Waals surface area (Å²) in [7, 11) is 0. The van der Waals surface area contributed by atoms with Gasteiger partial charge in [0.05, 0.1) is 6.42 Å². The summed E-state index contributed by atoms with van der Waals surface area (Å²) in [6, 6.07) is 2.98. The number of carbonyl (C=O) groups is 2. The lowest BCUT2D eigenvalue weighted by Gasteiger charge is -2.20. The van der Waals surface area contributed by atoms with Gasteiger partial charge in [0.2, 0.25) is 0 Å². The number of carboxylic acids is 1. The van der Waals surface area contributed by atoms with Crippen molar-refractivity contribution >= 4 is 17.7 Å². The van der Waals surface area contributed by atoms with E-state index in [1.54, 1.807) is 20.8 Å². The summed E-state index contributed by atoms with van der Waals surface area (Å²) in [6.45, 7) is 4.93. The van der Waals surface area contributed by atoms with Gasteiger partial charge in [0.15, 0.2) is 0 Å². The second-order valence-electron chi connectivity index (χ2n) is 5.62. The van der Waals surface area contributed by atoms with Crippen LogP contribution in [0.5, 0.6) is 0 Å². The Bertz CT molecular complexity index is 582. The molecule has 2 N–H and O–H groups in total. The van der Waals surface area contributed by atoms with Crippen LogP contribution in [-0.4, -0.2) is 28.7 Å². The lowest BCUT2D eigenvalue weighted by molar-refractivity contribution is -0.164. The molecule has 0 heterocycles. The summed E-state index contributed by atoms with van der Waals surface area (Å²) in [5, 5.41) is 10.6. The van der Waals surface area contributed by atoms with Crippen LogP contribution in [0.3, 0.4) is 0 Å². The molecule has 0 aliphatic carbocycles. The van der Waals surface area contributed by atoms with Crippen LogP contribution in [0.1, 0.15) is 26.3 Å². The molecule has 1 aromatic rings. The van der Waals surface area contributed by atoms with Crippen LogP contribution in [-0.2, 0) is 16.0 Å². The summed E-state index contributed by atoms with van der Waals surface area (Å²) < 4.78 is 44.8. The SMILES string of the molecule is CC(C)(C)OC(=O)Nc1ccc(CC(F)(F)C(=O)O)c(F)c1. The first-order valence-electron chi connectivity index (χ1n) is 6.30. The number of nitrogens with one attached hydrogen (secondary N) is 1. The van der Waals surface area contributed by atoms with E-state index in [1.807, 2.05) is 0 Å². The van der Waals surface area contributed by atoms with Crippen molar-refractivity contribution in [2.75, 3.05) is 5.32 Å². The van der Waals surface area contributed by atoms with Gasteiger partial charge in [-0.15, -0.1) is 0 Å². The quantitative estimate of drug-likeness (QED) is 0.891. The molecule has 0 fully saturated rings. The minimum absolute atomic E-state index is 0.00846. The zero-order chi connectivity index (χ0) is 17.1. The number of benzene rings is 1. The molecule has 8 heteroatoms. The normalized spacial score (nSPS) is 11.9. The van der Waals surface area contributed by atoms with E-state index in [2.05, 4.69) is 5.32 Å². The largest absolute Gasteiger partial charge is 0.477 e. The molecule has 0 saturated carbocycles. The Morgan fingerprint density at radius 1 is 1.27 bits per heavy atom. The molecule has 1 aromatic carbocycles. The van der Waals surface area contributed by atoms with Crippen LogP contribution < -0.4 is 5.32 Å². The average Bonchev–Trinajstić information content (AvgIpc) is 2.29. The fourth-order valence-electron chi connectivity index (χ4n) is 1.50. The van der Waals surface area contributed by atoms with Crippen molar-refractivity contribution in [1.82, 2.24) is 0 Å². The first kappa shape index (κ1) is 17.8. The van der Waals surface area contributed by atoms with E-state index < -0.39 is 41.4 Å². The number of hydrogen-bond acceptors (Lipinski definition) is 3. The van der Waals surface area contributed by atoms with Crippen LogP contribution in [0.25, 0.3) is 0 Å². The van der Waals surface area contributed by atoms with E-state index in [0.29, 0.717) is 0 Å². The summed E-state index contributed by atoms with van der Waals surface area (Å²) >= 11 is 0. The zero-order valence-electron chi connectivity index (χ0n) is 12.2. The summed E-state index contributed by atoms with van der Waals surface area (Å²) in [4.78, 5) is 21.8. The molecule has 0 unspecified atom stereocenters. The third-order valence-corrected chi connectivity index (χ3v) is 2.42. The smallest absolute Gasteiger partial charge is 0.412 e. The monoisotopic (exact) mass is 319 g/mol. The number of carboxylic acid groups (broad SMARTS) is 1. The molecular weight excluding hydrogens is 303 g/mol. The maximum Gasteiger partial charge on any atom is 0.412 e. The number of alkyl halides is 2. The highest BCUT2D eigenvalue weighted by molar-refractivity contribution is 5.84. The molecule has 122 valence electrons. The van der Waals surface area contributed by atoms with Gasteiger partial charge in [-0.2, -0.15) is 8.78 Å². The first-order valence-corrected chi connectivity index (χ1v) is 6.30. The first-order chi connectivity index (χ1) is 9.90. The van der Waals surface area contributed by atoms with Gasteiger partial charge < -0.3 is 9.84 Å². The van der Waals surface area contributed by atoms with Crippen molar-refractivity contribution in [3.8, 4) is 0 Å². The zero-order valence-corrected chi connectivity index (χ0v) is 12.2. The van der Waals surface area contributed by atoms with E-state index >= 15 is 0 Å². The number of anilines is 1. The highest BCUT2D eigenvalue weighted by Crippen LogP contribution is 2.24. The van der Waals surface area contributed by atoms with E-state index in [0.717, 1.165) is 12.1 Å². The molecule has 1 amide bonds. The minimum atomic E-state index is -4.07. The van der Waals surface area contributed by atoms with E-state index in [9.17, 15) is 22.8 Å². The Hall–Kier alpha value is -2.25. The standard InChI is InChI=1S/C14H16F3NO4/c1-13(2,3)22-12(21)18-9-5-4-8(10(15)6-9)7-14(16,17)11(19)20/h4-6H,7H2,1-3H3,(H,18,21)(H,19,20). The molecule has 5 nitrogen and oxygen atoms in total. The number of amides is 1. The van der Waals surface area contributed by atoms with Crippen LogP contribution in [0.2, 0.25) is 0 Å². The fraction of sp³-hybridized carbons (Fsp3) is 0.429. The van der Waals surface area contributed by atoms with Crippen molar-refractivity contribution in [3.05, 3.63) is 29.6 Å². The molecular formula is C14H16F3NO4. The Kier molecular flexibility index (Phi) is 5.05. The highest BCUT2D eigenvalue weighted by Gasteiger charge is 2.39. The van der Waals surface area contributed by atoms with Gasteiger partial charge in [-0.3, -0.25) is 5.32 Å². The number of halogens is 3. The molecule has 0 atom stereocenters. The van der Waals surface area contributed by atoms with Gasteiger partial charge in [-0.1, -0.05) is 6.07 Å². The number of aliphatic carboxylic acids is 1. The van der Waals surface area contributed by atoms with E-state index in [4.69, 9.17) is 9.84 Å². The maximum absolute atomic E-state index is 13.7. The Labute approximate surface area is 125 Å². The average molecular weight is 319 g/mol. The fourth-order valence-corrected chi connectivity index (χ4v) is 1.50. The molecule has 0 aromatic heterocycles. The second kappa shape index (κ2) is 6.25. The molecule has 0 radical (unpaired) electrons. The molecule has 22 heavy (non-hydrogen) atoms. The predicted octanol–water partition coefficient (Wildman–Crippen LogP) is 3.44. The Morgan fingerprint density at radius 2 is 1.86 bits per heavy atom. The van der Waals surface area contributed by atoms with Crippen LogP contribution >= 0.6 is 0 Å². The summed E-state index contributed by atoms with van der Waals surface area (Å²) in [6.07, 6.45) is -2.10. The van der Waals surface area contributed by atoms with Crippen LogP contribution in [0.4, 0.5) is 23.7 Å². The third-order valence-electron chi connectivity index (χ3n) is 2.42. The molecule has 0 saturated heterocycles. The van der Waals surface area contributed by atoms with Crippen molar-refractivity contribution in [2.45, 2.75) is 38.7 Å². The van der Waals surface area contributed by atoms with Crippen molar-refractivity contribution in [1.29, 1.82) is 0 Å². The number of hydrogen-bond donors (Lipinski definition) is 2. The molecule has 0 spiro atoms. The molecule has 0 aliphatic heterocycles. The summed E-state index contributed by atoms with van der Waals surface area (Å²) in [5.74, 6) is -7.45. The second-order valence-corrected chi connectivity index (χ2v) is 5.62. The van der Waals surface area contributed by atoms with Gasteiger partial charge in [0, 0.05) is 5.69 Å². The van der Waals surface area contributed by atoms with Crippen LogP contribution in [0, 0.1) is 5.82 Å². The molecule has 0 bridgehead atoms. The van der Waals surface area contributed by atoms with Gasteiger partial charge in [-0.25, -0.2) is 14.0 Å². The lowest BCUT2D eigenvalue weighted by Crippen LogP contribution is -2.31. The Balaban J connectivity index is 2.82. The van der Waals surface area contributed by atoms with Gasteiger partial charge in [-0.05, 0) is 38.5 Å². The van der Waals surface area contributed by atoms with Crippen molar-refractivity contribution in [2.24, 2.45) is 0 Å². The minimum Gasteiger partial charge on any atom is -0.477 e. The van der Waals surface area contributed by atoms with E-state index in [1.165, 1.54) is 6.07 Å². The van der Waals surface area contributed by atoms with Crippen molar-refractivity contribution in [3.63, 3.8) is 0 Å². The lowest BCUT2D eigenvalue weighted by atomic mass is 10.1. The number of rotatable bonds is 4. The molecule has 0 aliphatic rings. The number of ether oxygens (including phenoxy) is 1. The third kappa shape index (κ3) is 5.27. The van der Waals surface area contributed by atoms with Crippen molar-refractivity contribution < 1.29 is 32.6 Å². The maximum atomic E-state index is 13.7. The summed E-state index contributed by atoms with van der Waals surface area (Å²) in [5.41, 5.74) is -1.21. The number of carbonyl (C=O) groups excluding carboxylic acids is 1. The topological polar surface area (TPSA) is 75.6 Å². The molecule has 1 rings (SSSR count). The van der Waals surface area contributed by atoms with E-state index in [-0.39, 0.29) is 5.69 Å². The van der Waals surface area contributed by atoms with Crippen LogP contribution in [0.15, 0.2) is 18.2 Å². The predicted molar refractivity (Wildman–Crippen MR) is 72.5 cm³/mol. The Morgan fingerprint density at radius 3 is 2.32 bits per heavy atom. The van der Waals surface area contributed by atoms with Gasteiger partial charge >= 0.3 is 18.0 Å².